The van der Waals surface area contributed by atoms with Crippen LogP contribution < -0.4 is 10.6 Å². The average molecular weight is 330 g/mol. The van der Waals surface area contributed by atoms with Crippen LogP contribution in [0.5, 0.6) is 0 Å². The molecule has 1 aromatic carbocycles. The molecule has 3 rings (SSSR count). The monoisotopic (exact) mass is 330 g/mol. The molecule has 132 valence electrons. The molecule has 0 radical (unpaired) electrons. The zero-order valence-corrected chi connectivity index (χ0v) is 14.7. The number of nitrogens with one attached hydrogen (secondary N) is 2. The van der Waals surface area contributed by atoms with Gasteiger partial charge in [0.1, 0.15) is 0 Å². The number of carbonyl (C=O) groups excluding carboxylic acids is 1. The number of hydrogen-bond acceptors (Lipinski definition) is 4. The van der Waals surface area contributed by atoms with Crippen LogP contribution in [0.4, 0.5) is 0 Å². The first kappa shape index (κ1) is 17.4. The van der Waals surface area contributed by atoms with Crippen molar-refractivity contribution >= 4 is 5.91 Å². The first-order chi connectivity index (χ1) is 11.7. The topological polar surface area (TPSA) is 47.6 Å². The predicted octanol–water partition coefficient (Wildman–Crippen LogP) is 1.06. The Morgan fingerprint density at radius 3 is 2.58 bits per heavy atom. The molecule has 0 saturated carbocycles. The lowest BCUT2D eigenvalue weighted by molar-refractivity contribution is -0.123. The third kappa shape index (κ3) is 5.30. The fraction of sp³-hybridized carbons (Fsp3) is 0.632. The number of piperazine rings is 1. The lowest BCUT2D eigenvalue weighted by atomic mass is 10.0. The predicted molar refractivity (Wildman–Crippen MR) is 96.8 cm³/mol. The van der Waals surface area contributed by atoms with Crippen LogP contribution >= 0.6 is 0 Å². The van der Waals surface area contributed by atoms with Crippen LogP contribution in [-0.2, 0) is 11.3 Å². The van der Waals surface area contributed by atoms with Crippen LogP contribution in [-0.4, -0.2) is 67.1 Å². The molecule has 5 heteroatoms. The quantitative estimate of drug-likeness (QED) is 0.848. The van der Waals surface area contributed by atoms with Crippen LogP contribution in [0.2, 0.25) is 0 Å². The minimum Gasteiger partial charge on any atom is -0.352 e. The van der Waals surface area contributed by atoms with Gasteiger partial charge in [0.05, 0.1) is 6.54 Å². The van der Waals surface area contributed by atoms with E-state index in [0.29, 0.717) is 18.6 Å². The minimum absolute atomic E-state index is 0.186. The molecule has 24 heavy (non-hydrogen) atoms. The van der Waals surface area contributed by atoms with Crippen LogP contribution in [0.1, 0.15) is 25.3 Å². The van der Waals surface area contributed by atoms with Crippen molar-refractivity contribution in [3.05, 3.63) is 35.9 Å². The van der Waals surface area contributed by atoms with E-state index in [9.17, 15) is 4.79 Å². The summed E-state index contributed by atoms with van der Waals surface area (Å²) in [5.74, 6) is 0.186. The van der Waals surface area contributed by atoms with E-state index in [2.05, 4.69) is 57.7 Å². The van der Waals surface area contributed by atoms with Crippen LogP contribution in [0.3, 0.4) is 0 Å². The molecule has 0 aliphatic carbocycles. The van der Waals surface area contributed by atoms with E-state index in [1.807, 2.05) is 0 Å². The van der Waals surface area contributed by atoms with Gasteiger partial charge in [0.25, 0.3) is 0 Å². The maximum atomic E-state index is 12.3. The van der Waals surface area contributed by atoms with Crippen LogP contribution in [0.15, 0.2) is 30.3 Å². The Labute approximate surface area is 145 Å². The molecule has 2 saturated heterocycles. The lowest BCUT2D eigenvalue weighted by Crippen LogP contribution is -2.52. The van der Waals surface area contributed by atoms with Gasteiger partial charge in [0.2, 0.25) is 5.91 Å². The second-order valence-electron chi connectivity index (χ2n) is 7.18. The van der Waals surface area contributed by atoms with Crippen molar-refractivity contribution in [1.29, 1.82) is 0 Å². The molecule has 2 heterocycles. The highest BCUT2D eigenvalue weighted by Gasteiger charge is 2.22. The fourth-order valence-corrected chi connectivity index (χ4v) is 3.69. The van der Waals surface area contributed by atoms with Crippen molar-refractivity contribution in [1.82, 2.24) is 20.4 Å². The number of piperidine rings is 1. The second kappa shape index (κ2) is 8.60. The van der Waals surface area contributed by atoms with Gasteiger partial charge in [-0.3, -0.25) is 14.6 Å². The normalized spacial score (nSPS) is 26.2. The Hall–Kier alpha value is -1.43. The van der Waals surface area contributed by atoms with Gasteiger partial charge in [-0.15, -0.1) is 0 Å². The van der Waals surface area contributed by atoms with Crippen molar-refractivity contribution in [3.63, 3.8) is 0 Å². The third-order valence-corrected chi connectivity index (χ3v) is 5.07. The van der Waals surface area contributed by atoms with Gasteiger partial charge in [0.15, 0.2) is 0 Å². The van der Waals surface area contributed by atoms with E-state index in [1.54, 1.807) is 0 Å². The van der Waals surface area contributed by atoms with Crippen molar-refractivity contribution in [2.45, 2.75) is 38.4 Å². The smallest absolute Gasteiger partial charge is 0.234 e. The Morgan fingerprint density at radius 2 is 1.88 bits per heavy atom. The molecule has 0 spiro atoms. The average Bonchev–Trinajstić information content (AvgIpc) is 2.57. The molecule has 2 atom stereocenters. The second-order valence-corrected chi connectivity index (χ2v) is 7.18. The molecule has 1 amide bonds. The van der Waals surface area contributed by atoms with Gasteiger partial charge >= 0.3 is 0 Å². The first-order valence-corrected chi connectivity index (χ1v) is 9.20. The number of amides is 1. The third-order valence-electron chi connectivity index (χ3n) is 5.07. The number of nitrogens with zero attached hydrogens (tertiary/aromatic N) is 2. The molecule has 2 aliphatic heterocycles. The number of benzene rings is 1. The molecule has 0 bridgehead atoms. The minimum atomic E-state index is 0.186. The van der Waals surface area contributed by atoms with E-state index in [1.165, 1.54) is 5.56 Å². The number of rotatable bonds is 5. The van der Waals surface area contributed by atoms with E-state index in [-0.39, 0.29) is 5.91 Å². The summed E-state index contributed by atoms with van der Waals surface area (Å²) < 4.78 is 0. The van der Waals surface area contributed by atoms with Gasteiger partial charge in [-0.1, -0.05) is 30.3 Å². The highest BCUT2D eigenvalue weighted by molar-refractivity contribution is 5.78. The summed E-state index contributed by atoms with van der Waals surface area (Å²) in [4.78, 5) is 17.0. The summed E-state index contributed by atoms with van der Waals surface area (Å²) in [5.41, 5.74) is 1.36. The summed E-state index contributed by atoms with van der Waals surface area (Å²) >= 11 is 0. The van der Waals surface area contributed by atoms with Crippen molar-refractivity contribution in [2.24, 2.45) is 0 Å². The zero-order chi connectivity index (χ0) is 16.8. The van der Waals surface area contributed by atoms with Gasteiger partial charge in [-0.2, -0.15) is 0 Å². The number of hydrogen-bond donors (Lipinski definition) is 2. The van der Waals surface area contributed by atoms with E-state index < -0.39 is 0 Å². The Bertz CT molecular complexity index is 513. The SMILES string of the molecule is CC1CC(NC(=O)CN2CCN(Cc3ccccc3)CC2)CCN1. The zero-order valence-electron chi connectivity index (χ0n) is 14.7. The highest BCUT2D eigenvalue weighted by atomic mass is 16.2. The summed E-state index contributed by atoms with van der Waals surface area (Å²) in [6, 6.07) is 11.5. The largest absolute Gasteiger partial charge is 0.352 e. The molecular weight excluding hydrogens is 300 g/mol. The molecule has 2 unspecified atom stereocenters. The van der Waals surface area contributed by atoms with Crippen molar-refractivity contribution < 1.29 is 4.79 Å². The van der Waals surface area contributed by atoms with Crippen LogP contribution in [0.25, 0.3) is 0 Å². The highest BCUT2D eigenvalue weighted by Crippen LogP contribution is 2.10. The van der Waals surface area contributed by atoms with Gasteiger partial charge in [0, 0.05) is 44.8 Å². The van der Waals surface area contributed by atoms with Gasteiger partial charge < -0.3 is 10.6 Å². The van der Waals surface area contributed by atoms with Crippen molar-refractivity contribution in [2.75, 3.05) is 39.3 Å². The maximum absolute atomic E-state index is 12.3. The molecule has 2 fully saturated rings. The maximum Gasteiger partial charge on any atom is 0.234 e. The van der Waals surface area contributed by atoms with Crippen molar-refractivity contribution in [3.8, 4) is 0 Å². The molecule has 2 N–H and O–H groups in total. The van der Waals surface area contributed by atoms with E-state index in [0.717, 1.165) is 52.1 Å². The summed E-state index contributed by atoms with van der Waals surface area (Å²) in [5, 5.41) is 6.64. The van der Waals surface area contributed by atoms with Crippen LogP contribution in [0, 0.1) is 0 Å². The van der Waals surface area contributed by atoms with Gasteiger partial charge in [-0.25, -0.2) is 0 Å². The molecule has 2 aliphatic rings. The van der Waals surface area contributed by atoms with E-state index in [4.69, 9.17) is 0 Å². The standard InChI is InChI=1S/C19H30N4O/c1-16-13-18(7-8-20-16)21-19(24)15-23-11-9-22(10-12-23)14-17-5-3-2-4-6-17/h2-6,16,18,20H,7-15H2,1H3,(H,21,24). The molecular formula is C19H30N4O. The Balaban J connectivity index is 1.36. The van der Waals surface area contributed by atoms with Gasteiger partial charge in [-0.05, 0) is 31.9 Å². The summed E-state index contributed by atoms with van der Waals surface area (Å²) in [7, 11) is 0. The summed E-state index contributed by atoms with van der Waals surface area (Å²) in [6.45, 7) is 8.75. The molecule has 0 aromatic heterocycles. The Morgan fingerprint density at radius 1 is 1.17 bits per heavy atom. The number of carbonyl (C=O) groups is 1. The van der Waals surface area contributed by atoms with E-state index >= 15 is 0 Å². The molecule has 5 nitrogen and oxygen atoms in total. The molecule has 1 aromatic rings. The lowest BCUT2D eigenvalue weighted by Gasteiger charge is -2.35. The Kier molecular flexibility index (Phi) is 6.24. The first-order valence-electron chi connectivity index (χ1n) is 9.20. The fourth-order valence-electron chi connectivity index (χ4n) is 3.69. The summed E-state index contributed by atoms with van der Waals surface area (Å²) in [6.07, 6.45) is 2.08.